The van der Waals surface area contributed by atoms with E-state index in [1.807, 2.05) is 68.0 Å². The Morgan fingerprint density at radius 1 is 1.16 bits per heavy atom. The van der Waals surface area contributed by atoms with Crippen molar-refractivity contribution in [1.82, 2.24) is 14.8 Å². The van der Waals surface area contributed by atoms with E-state index in [4.69, 9.17) is 4.74 Å². The molecular weight excluding hydrogens is 471 g/mol. The molecule has 2 aromatic rings. The van der Waals surface area contributed by atoms with E-state index in [0.29, 0.717) is 19.5 Å². The van der Waals surface area contributed by atoms with Crippen molar-refractivity contribution in [2.75, 3.05) is 37.8 Å². The second-order valence-corrected chi connectivity index (χ2v) is 11.9. The Morgan fingerprint density at radius 2 is 1.86 bits per heavy atom. The molecule has 0 bridgehead atoms. The van der Waals surface area contributed by atoms with Gasteiger partial charge in [0.1, 0.15) is 12.3 Å². The highest BCUT2D eigenvalue weighted by atomic mass is 19.1. The summed E-state index contributed by atoms with van der Waals surface area (Å²) in [6, 6.07) is 11.4. The molecule has 2 atom stereocenters. The number of alkyl halides is 1. The van der Waals surface area contributed by atoms with Gasteiger partial charge in [-0.2, -0.15) is 0 Å². The number of benzene rings is 1. The van der Waals surface area contributed by atoms with Gasteiger partial charge in [0.2, 0.25) is 5.91 Å². The van der Waals surface area contributed by atoms with E-state index < -0.39 is 24.4 Å². The number of halogens is 1. The Bertz CT molecular complexity index is 1130. The molecule has 0 unspecified atom stereocenters. The number of anilines is 1. The predicted molar refractivity (Wildman–Crippen MR) is 143 cm³/mol. The number of carbonyl (C=O) groups excluding carboxylic acids is 2. The Morgan fingerprint density at radius 3 is 2.51 bits per heavy atom. The van der Waals surface area contributed by atoms with Gasteiger partial charge in [-0.3, -0.25) is 14.7 Å². The van der Waals surface area contributed by atoms with Crippen LogP contribution in [0.4, 0.5) is 14.9 Å². The van der Waals surface area contributed by atoms with Crippen molar-refractivity contribution in [3.8, 4) is 0 Å². The van der Waals surface area contributed by atoms with Gasteiger partial charge in [-0.15, -0.1) is 0 Å². The summed E-state index contributed by atoms with van der Waals surface area (Å²) in [7, 11) is 0. The number of carbonyl (C=O) groups is 2. The molecule has 0 radical (unpaired) electrons. The summed E-state index contributed by atoms with van der Waals surface area (Å²) >= 11 is 0. The number of rotatable bonds is 5. The topological polar surface area (TPSA) is 66.0 Å². The first kappa shape index (κ1) is 27.0. The predicted octanol–water partition coefficient (Wildman–Crippen LogP) is 4.58. The fourth-order valence-electron chi connectivity index (χ4n) is 5.20. The molecule has 37 heavy (non-hydrogen) atoms. The van der Waals surface area contributed by atoms with Crippen LogP contribution < -0.4 is 4.90 Å². The van der Waals surface area contributed by atoms with Crippen LogP contribution in [0.1, 0.15) is 58.4 Å². The molecular formula is C29H39FN4O3. The summed E-state index contributed by atoms with van der Waals surface area (Å²) in [5, 5.41) is 0. The highest BCUT2D eigenvalue weighted by Crippen LogP contribution is 2.40. The molecule has 1 fully saturated rings. The van der Waals surface area contributed by atoms with Gasteiger partial charge in [0.15, 0.2) is 0 Å². The van der Waals surface area contributed by atoms with Crippen LogP contribution in [0.25, 0.3) is 0 Å². The minimum atomic E-state index is -0.646. The van der Waals surface area contributed by atoms with Gasteiger partial charge in [-0.25, -0.2) is 9.18 Å². The third-order valence-electron chi connectivity index (χ3n) is 7.14. The Hall–Kier alpha value is -3.00. The monoisotopic (exact) mass is 510 g/mol. The Kier molecular flexibility index (Phi) is 7.60. The molecule has 1 aromatic heterocycles. The van der Waals surface area contributed by atoms with Crippen molar-refractivity contribution in [2.24, 2.45) is 0 Å². The maximum atomic E-state index is 14.1. The minimum absolute atomic E-state index is 0.0694. The molecule has 3 heterocycles. The second-order valence-electron chi connectivity index (χ2n) is 11.9. The van der Waals surface area contributed by atoms with Crippen LogP contribution in [0, 0.1) is 0 Å². The van der Waals surface area contributed by atoms with Gasteiger partial charge < -0.3 is 14.5 Å². The van der Waals surface area contributed by atoms with E-state index in [1.165, 1.54) is 0 Å². The smallest absolute Gasteiger partial charge is 0.410 e. The molecule has 0 saturated carbocycles. The van der Waals surface area contributed by atoms with Crippen LogP contribution in [0.5, 0.6) is 0 Å². The molecule has 4 rings (SSSR count). The first-order valence-corrected chi connectivity index (χ1v) is 13.0. The standard InChI is InChI=1S/C29H39FN4O3/c1-20-16-32(23(14-30)17-33(20)27(36)37-28(2,3)4)18-26(35)34-19-29(5,6)24-15-31-22(13-25(24)34)12-21-10-8-7-9-11-21/h7-11,13,15,20,23H,12,14,16-19H2,1-6H3/t20-,23+/m1/s1. The number of nitrogens with zero attached hydrogens (tertiary/aromatic N) is 4. The maximum Gasteiger partial charge on any atom is 0.410 e. The van der Waals surface area contributed by atoms with Gasteiger partial charge in [-0.05, 0) is 39.3 Å². The van der Waals surface area contributed by atoms with Crippen molar-refractivity contribution in [2.45, 2.75) is 71.1 Å². The van der Waals surface area contributed by atoms with E-state index in [2.05, 4.69) is 31.0 Å². The molecule has 8 heteroatoms. The maximum absolute atomic E-state index is 14.1. The molecule has 0 N–H and O–H groups in total. The summed E-state index contributed by atoms with van der Waals surface area (Å²) in [5.41, 5.74) is 3.13. The molecule has 1 saturated heterocycles. The van der Waals surface area contributed by atoms with Crippen LogP contribution in [-0.2, 0) is 21.4 Å². The molecule has 0 spiro atoms. The summed E-state index contributed by atoms with van der Waals surface area (Å²) in [6.45, 7) is 12.2. The summed E-state index contributed by atoms with van der Waals surface area (Å²) < 4.78 is 19.6. The normalized spacial score (nSPS) is 21.6. The van der Waals surface area contributed by atoms with Crippen LogP contribution in [0.15, 0.2) is 42.6 Å². The van der Waals surface area contributed by atoms with E-state index in [1.54, 1.807) is 4.90 Å². The first-order valence-electron chi connectivity index (χ1n) is 13.0. The van der Waals surface area contributed by atoms with Gasteiger partial charge in [0.05, 0.1) is 18.3 Å². The second kappa shape index (κ2) is 10.4. The lowest BCUT2D eigenvalue weighted by molar-refractivity contribution is -0.121. The third kappa shape index (κ3) is 6.12. The van der Waals surface area contributed by atoms with Gasteiger partial charge in [0, 0.05) is 55.0 Å². The fraction of sp³-hybridized carbons (Fsp3) is 0.552. The zero-order valence-corrected chi connectivity index (χ0v) is 22.8. The Labute approximate surface area is 219 Å². The van der Waals surface area contributed by atoms with Crippen molar-refractivity contribution in [1.29, 1.82) is 0 Å². The lowest BCUT2D eigenvalue weighted by atomic mass is 9.88. The molecule has 2 aliphatic heterocycles. The van der Waals surface area contributed by atoms with Crippen molar-refractivity contribution >= 4 is 17.7 Å². The van der Waals surface area contributed by atoms with E-state index in [-0.39, 0.29) is 30.5 Å². The number of aromatic nitrogens is 1. The number of fused-ring (bicyclic) bond motifs is 1. The lowest BCUT2D eigenvalue weighted by Gasteiger charge is -2.44. The first-order chi connectivity index (χ1) is 17.4. The SMILES string of the molecule is C[C@@H]1CN(CC(=O)N2CC(C)(C)c3cnc(Cc4ccccc4)cc32)[C@@H](CF)CN1C(=O)OC(C)(C)C. The third-order valence-corrected chi connectivity index (χ3v) is 7.14. The fourth-order valence-corrected chi connectivity index (χ4v) is 5.20. The highest BCUT2D eigenvalue weighted by molar-refractivity contribution is 5.97. The molecule has 200 valence electrons. The van der Waals surface area contributed by atoms with Crippen LogP contribution in [0.3, 0.4) is 0 Å². The minimum Gasteiger partial charge on any atom is -0.444 e. The van der Waals surface area contributed by atoms with Crippen molar-refractivity contribution < 1.29 is 18.7 Å². The van der Waals surface area contributed by atoms with E-state index in [0.717, 1.165) is 22.5 Å². The summed E-state index contributed by atoms with van der Waals surface area (Å²) in [6.07, 6.45) is 2.13. The molecule has 1 aromatic carbocycles. The number of hydrogen-bond acceptors (Lipinski definition) is 5. The number of hydrogen-bond donors (Lipinski definition) is 0. The number of pyridine rings is 1. The van der Waals surface area contributed by atoms with E-state index >= 15 is 0 Å². The van der Waals surface area contributed by atoms with Crippen molar-refractivity contribution in [3.05, 3.63) is 59.4 Å². The molecule has 2 amide bonds. The van der Waals surface area contributed by atoms with Gasteiger partial charge in [-0.1, -0.05) is 44.2 Å². The average molecular weight is 511 g/mol. The molecule has 0 aliphatic carbocycles. The largest absolute Gasteiger partial charge is 0.444 e. The highest BCUT2D eigenvalue weighted by Gasteiger charge is 2.41. The van der Waals surface area contributed by atoms with Crippen LogP contribution in [0.2, 0.25) is 0 Å². The zero-order valence-electron chi connectivity index (χ0n) is 22.8. The van der Waals surface area contributed by atoms with Gasteiger partial charge >= 0.3 is 6.09 Å². The van der Waals surface area contributed by atoms with Gasteiger partial charge in [0.25, 0.3) is 0 Å². The van der Waals surface area contributed by atoms with Crippen LogP contribution in [-0.4, -0.2) is 77.3 Å². The number of piperazine rings is 1. The summed E-state index contributed by atoms with van der Waals surface area (Å²) in [5.74, 6) is -0.0694. The Balaban J connectivity index is 1.49. The summed E-state index contributed by atoms with van der Waals surface area (Å²) in [4.78, 5) is 36.3. The van der Waals surface area contributed by atoms with E-state index in [9.17, 15) is 14.0 Å². The zero-order chi connectivity index (χ0) is 27.0. The average Bonchev–Trinajstić information content (AvgIpc) is 3.09. The lowest BCUT2D eigenvalue weighted by Crippen LogP contribution is -2.61. The van der Waals surface area contributed by atoms with Crippen molar-refractivity contribution in [3.63, 3.8) is 0 Å². The quantitative estimate of drug-likeness (QED) is 0.589. The molecule has 7 nitrogen and oxygen atoms in total. The van der Waals surface area contributed by atoms with Crippen LogP contribution >= 0.6 is 0 Å². The molecule has 2 aliphatic rings. The number of amides is 2. The number of ether oxygens (including phenoxy) is 1.